The van der Waals surface area contributed by atoms with Gasteiger partial charge in [0, 0.05) is 0 Å². The van der Waals surface area contributed by atoms with Crippen LogP contribution in [0.15, 0.2) is 0 Å². The van der Waals surface area contributed by atoms with E-state index in [-0.39, 0.29) is 56.9 Å². The van der Waals surface area contributed by atoms with E-state index >= 15 is 0 Å². The van der Waals surface area contributed by atoms with Crippen molar-refractivity contribution >= 4 is 61.4 Å². The Hall–Kier alpha value is 2.13. The molecule has 0 heterocycles. The maximum atomic E-state index is 8.56. The summed E-state index contributed by atoms with van der Waals surface area (Å²) in [5.41, 5.74) is 0. The molecule has 0 aliphatic rings. The van der Waals surface area contributed by atoms with Crippen molar-refractivity contribution < 1.29 is 69.5 Å². The van der Waals surface area contributed by atoms with Gasteiger partial charge in [-0.1, -0.05) is 0 Å². The summed E-state index contributed by atoms with van der Waals surface area (Å²) < 4.78 is 72.2. The van der Waals surface area contributed by atoms with Gasteiger partial charge in [-0.25, -0.2) is 12.6 Å². The Morgan fingerprint density at radius 1 is 0.714 bits per heavy atom. The van der Waals surface area contributed by atoms with Crippen LogP contribution in [0.2, 0.25) is 0 Å². The topological polar surface area (TPSA) is 181 Å². The molecule has 0 aliphatic carbocycles. The fourth-order valence-electron chi connectivity index (χ4n) is 0. The van der Waals surface area contributed by atoms with E-state index in [2.05, 4.69) is 0 Å². The van der Waals surface area contributed by atoms with E-state index in [0.29, 0.717) is 0 Å². The average molecular weight is 473 g/mol. The summed E-state index contributed by atoms with van der Waals surface area (Å²) in [5, 5.41) is 0. The normalized spacial score (nSPS) is 13.3. The van der Waals surface area contributed by atoms with E-state index in [1.165, 1.54) is 0 Å². The van der Waals surface area contributed by atoms with Crippen LogP contribution in [-0.4, -0.2) is 67.2 Å². The molecule has 3 atom stereocenters. The molecule has 0 aromatic carbocycles. The number of rotatable bonds is 0. The molecule has 14 heavy (non-hydrogen) atoms. The molecule has 0 fully saturated rings. The van der Waals surface area contributed by atoms with Crippen molar-refractivity contribution in [1.29, 1.82) is 0 Å². The molecule has 3 N–H and O–H groups in total. The van der Waals surface area contributed by atoms with Crippen LogP contribution in [0.5, 0.6) is 0 Å². The molecule has 14 heteroatoms. The first-order valence-corrected chi connectivity index (χ1v) is 4.64. The van der Waals surface area contributed by atoms with Crippen molar-refractivity contribution in [3.8, 4) is 0 Å². The van der Waals surface area contributed by atoms with Crippen LogP contribution in [-0.2, 0) is 34.1 Å². The molecule has 9 nitrogen and oxygen atoms in total. The van der Waals surface area contributed by atoms with Crippen LogP contribution in [0.1, 0.15) is 0 Å². The molecule has 3 unspecified atom stereocenters. The molecule has 0 aromatic heterocycles. The third-order valence-electron chi connectivity index (χ3n) is 0. The van der Waals surface area contributed by atoms with Gasteiger partial charge < -0.3 is 27.3 Å². The Kier molecular flexibility index (Phi) is 51.9. The minimum absolute atomic E-state index is 0. The van der Waals surface area contributed by atoms with Crippen LogP contribution in [0, 0.1) is 0 Å². The summed E-state index contributed by atoms with van der Waals surface area (Å²) >= 11 is -8.58. The molecule has 0 saturated heterocycles. The van der Waals surface area contributed by atoms with Gasteiger partial charge in [0.15, 0.2) is 0 Å². The molecule has 0 saturated carbocycles. The minimum Gasteiger partial charge on any atom is -0.750 e. The van der Waals surface area contributed by atoms with Gasteiger partial charge in [0.1, 0.15) is 0 Å². The van der Waals surface area contributed by atoms with E-state index in [0.717, 1.165) is 0 Å². The number of hydrogen-bond donors (Lipinski definition) is 3. The fraction of sp³-hybridized carbons (Fsp3) is 0. The summed E-state index contributed by atoms with van der Waals surface area (Å²) in [6.45, 7) is 0. The molecule has 80 valence electrons. The van der Waals surface area contributed by atoms with Gasteiger partial charge in [-0.05, 0) is 0 Å². The second kappa shape index (κ2) is 24.4. The maximum Gasteiger partial charge on any atom is 2.00 e. The predicted octanol–water partition coefficient (Wildman–Crippen LogP) is -5.36. The van der Waals surface area contributed by atoms with Crippen molar-refractivity contribution in [3.05, 3.63) is 0 Å². The quantitative estimate of drug-likeness (QED) is 0.229. The summed E-state index contributed by atoms with van der Waals surface area (Å²) in [6, 6.07) is 0. The molecular weight excluding hydrogens is 470 g/mol. The first kappa shape index (κ1) is 29.8. The minimum atomic E-state index is -2.86. The van der Waals surface area contributed by atoms with Gasteiger partial charge in [-0.3, -0.25) is 0 Å². The number of hydrogen-bond acceptors (Lipinski definition) is 6. The van der Waals surface area contributed by atoms with E-state index < -0.39 is 34.1 Å². The smallest absolute Gasteiger partial charge is 0.750 e. The summed E-state index contributed by atoms with van der Waals surface area (Å²) in [4.78, 5) is 0. The molecule has 0 spiro atoms. The summed E-state index contributed by atoms with van der Waals surface area (Å²) in [6.07, 6.45) is 0. The largest absolute Gasteiger partial charge is 2.00 e. The second-order valence-corrected chi connectivity index (χ2v) is 1.95. The first-order valence-electron chi connectivity index (χ1n) is 1.55. The zero-order valence-corrected chi connectivity index (χ0v) is 14.9. The van der Waals surface area contributed by atoms with Crippen LogP contribution < -0.4 is 29.6 Å². The Morgan fingerprint density at radius 3 is 0.714 bits per heavy atom. The zero-order valence-electron chi connectivity index (χ0n) is 6.52. The fourth-order valence-corrected chi connectivity index (χ4v) is 0. The molecular formula is H3NaO9PbS3. The van der Waals surface area contributed by atoms with E-state index in [1.807, 2.05) is 0 Å². The Balaban J connectivity index is -0.0000000270. The molecule has 0 aliphatic heterocycles. The molecule has 0 amide bonds. The van der Waals surface area contributed by atoms with Crippen molar-refractivity contribution in [2.24, 2.45) is 0 Å². The van der Waals surface area contributed by atoms with Gasteiger partial charge in [0.25, 0.3) is 0 Å². The van der Waals surface area contributed by atoms with Crippen molar-refractivity contribution in [3.63, 3.8) is 0 Å². The van der Waals surface area contributed by atoms with Gasteiger partial charge in [-0.15, -0.1) is 0 Å². The zero-order chi connectivity index (χ0) is 10.7. The van der Waals surface area contributed by atoms with Crippen LogP contribution in [0.25, 0.3) is 0 Å². The molecule has 0 aromatic rings. The van der Waals surface area contributed by atoms with Gasteiger partial charge >= 0.3 is 56.9 Å². The summed E-state index contributed by atoms with van der Waals surface area (Å²) in [5.74, 6) is 0. The monoisotopic (exact) mass is 474 g/mol. The van der Waals surface area contributed by atoms with Gasteiger partial charge in [0.05, 0.1) is 34.1 Å². The van der Waals surface area contributed by atoms with E-state index in [1.54, 1.807) is 0 Å². The molecule has 0 rings (SSSR count). The first-order chi connectivity index (χ1) is 5.20. The van der Waals surface area contributed by atoms with Crippen molar-refractivity contribution in [1.82, 2.24) is 0 Å². The second-order valence-electron chi connectivity index (χ2n) is 0.651. The third kappa shape index (κ3) is 536. The maximum absolute atomic E-state index is 8.56. The van der Waals surface area contributed by atoms with Gasteiger partial charge in [-0.2, -0.15) is 0 Å². The van der Waals surface area contributed by atoms with E-state index in [9.17, 15) is 0 Å². The Labute approximate surface area is 129 Å². The predicted molar refractivity (Wildman–Crippen MR) is 40.4 cm³/mol. The average Bonchev–Trinajstić information content (AvgIpc) is 1.54. The summed E-state index contributed by atoms with van der Waals surface area (Å²) in [7, 11) is 0. The molecule has 2 radical (unpaired) electrons. The van der Waals surface area contributed by atoms with Crippen molar-refractivity contribution in [2.45, 2.75) is 0 Å². The Bertz CT molecular complexity index is 118. The van der Waals surface area contributed by atoms with Crippen molar-refractivity contribution in [2.75, 3.05) is 0 Å². The van der Waals surface area contributed by atoms with Crippen LogP contribution >= 0.6 is 0 Å². The Morgan fingerprint density at radius 2 is 0.714 bits per heavy atom. The van der Waals surface area contributed by atoms with Gasteiger partial charge in [0.2, 0.25) is 0 Å². The van der Waals surface area contributed by atoms with Crippen LogP contribution in [0.3, 0.4) is 0 Å². The standard InChI is InChI=1S/Na.3H2O3S.Pb/c;3*1-4(2)3;/h;3*(H2,1,2,3);/q+1;;;;+2/p-3. The third-order valence-corrected chi connectivity index (χ3v) is 0. The SMILES string of the molecule is O=S([O-])O.O=S([O-])O.O=S([O-])O.[Na+].[Pb+2]. The van der Waals surface area contributed by atoms with E-state index in [4.69, 9.17) is 39.9 Å². The molecule has 0 bridgehead atoms. The van der Waals surface area contributed by atoms with Crippen LogP contribution in [0.4, 0.5) is 0 Å².